The molecule has 3 rings (SSSR count). The molecule has 1 aromatic rings. The van der Waals surface area contributed by atoms with Crippen molar-refractivity contribution in [2.45, 2.75) is 39.0 Å². The van der Waals surface area contributed by atoms with E-state index >= 15 is 0 Å². The molecule has 2 fully saturated rings. The number of guanidine groups is 1. The first kappa shape index (κ1) is 22.4. The average Bonchev–Trinajstić information content (AvgIpc) is 3.52. The van der Waals surface area contributed by atoms with Gasteiger partial charge in [-0.3, -0.25) is 4.99 Å². The first-order valence-corrected chi connectivity index (χ1v) is 11.7. The number of halogens is 1. The molecule has 5 nitrogen and oxygen atoms in total. The summed E-state index contributed by atoms with van der Waals surface area (Å²) in [6.45, 7) is 16.4. The molecular weight excluding hydrogens is 382 g/mol. The zero-order chi connectivity index (χ0) is 20.7. The maximum atomic E-state index is 6.20. The summed E-state index contributed by atoms with van der Waals surface area (Å²) >= 11 is 6.20. The van der Waals surface area contributed by atoms with Gasteiger partial charge in [-0.2, -0.15) is 0 Å². The van der Waals surface area contributed by atoms with E-state index in [1.165, 1.54) is 51.1 Å². The molecule has 0 amide bonds. The number of aliphatic imine (C=N–C) groups is 1. The minimum Gasteiger partial charge on any atom is -0.357 e. The van der Waals surface area contributed by atoms with E-state index in [2.05, 4.69) is 53.3 Å². The van der Waals surface area contributed by atoms with E-state index in [0.29, 0.717) is 5.92 Å². The predicted molar refractivity (Wildman–Crippen MR) is 124 cm³/mol. The van der Waals surface area contributed by atoms with Crippen molar-refractivity contribution in [1.29, 1.82) is 0 Å². The quantitative estimate of drug-likeness (QED) is 0.476. The molecule has 0 spiro atoms. The van der Waals surface area contributed by atoms with Crippen LogP contribution in [0.25, 0.3) is 0 Å². The van der Waals surface area contributed by atoms with Gasteiger partial charge in [0.1, 0.15) is 0 Å². The lowest BCUT2D eigenvalue weighted by Gasteiger charge is -2.35. The van der Waals surface area contributed by atoms with Gasteiger partial charge in [0.25, 0.3) is 0 Å². The van der Waals surface area contributed by atoms with Crippen LogP contribution in [0.4, 0.5) is 0 Å². The van der Waals surface area contributed by atoms with E-state index in [9.17, 15) is 0 Å². The van der Waals surface area contributed by atoms with Crippen LogP contribution in [-0.2, 0) is 5.41 Å². The van der Waals surface area contributed by atoms with Gasteiger partial charge in [-0.1, -0.05) is 37.6 Å². The van der Waals surface area contributed by atoms with Crippen LogP contribution in [0.5, 0.6) is 0 Å². The predicted octanol–water partition coefficient (Wildman–Crippen LogP) is 3.20. The summed E-state index contributed by atoms with van der Waals surface area (Å²) in [5, 5.41) is 7.80. The Morgan fingerprint density at radius 3 is 2.48 bits per heavy atom. The minimum atomic E-state index is 0.178. The van der Waals surface area contributed by atoms with Crippen LogP contribution in [0.2, 0.25) is 5.02 Å². The Morgan fingerprint density at radius 1 is 1.14 bits per heavy atom. The molecule has 29 heavy (non-hydrogen) atoms. The lowest BCUT2D eigenvalue weighted by atomic mass is 9.96. The number of hydrogen-bond donors (Lipinski definition) is 2. The zero-order valence-corrected chi connectivity index (χ0v) is 19.1. The summed E-state index contributed by atoms with van der Waals surface area (Å²) in [6, 6.07) is 8.28. The van der Waals surface area contributed by atoms with Gasteiger partial charge in [0.2, 0.25) is 0 Å². The molecule has 2 N–H and O–H groups in total. The molecule has 6 heteroatoms. The van der Waals surface area contributed by atoms with Crippen LogP contribution in [0.3, 0.4) is 0 Å². The second-order valence-corrected chi connectivity index (χ2v) is 9.14. The van der Waals surface area contributed by atoms with Crippen LogP contribution in [0.15, 0.2) is 29.3 Å². The number of piperazine rings is 1. The van der Waals surface area contributed by atoms with E-state index in [-0.39, 0.29) is 5.41 Å². The minimum absolute atomic E-state index is 0.178. The van der Waals surface area contributed by atoms with Gasteiger partial charge >= 0.3 is 0 Å². The third-order valence-corrected chi connectivity index (χ3v) is 6.51. The second-order valence-electron chi connectivity index (χ2n) is 8.71. The van der Waals surface area contributed by atoms with Gasteiger partial charge in [-0.15, -0.1) is 0 Å². The molecule has 162 valence electrons. The monoisotopic (exact) mass is 419 g/mol. The van der Waals surface area contributed by atoms with E-state index in [0.717, 1.165) is 37.2 Å². The van der Waals surface area contributed by atoms with Crippen LogP contribution in [0.1, 0.15) is 39.2 Å². The lowest BCUT2D eigenvalue weighted by molar-refractivity contribution is 0.124. The van der Waals surface area contributed by atoms with Crippen LogP contribution in [0, 0.1) is 5.92 Å². The number of likely N-dealkylation sites (N-methyl/N-ethyl adjacent to an activating group) is 1. The molecule has 2 aliphatic rings. The second kappa shape index (κ2) is 10.6. The van der Waals surface area contributed by atoms with Crippen molar-refractivity contribution in [1.82, 2.24) is 20.4 Å². The molecule has 1 heterocycles. The highest BCUT2D eigenvalue weighted by atomic mass is 35.5. The highest BCUT2D eigenvalue weighted by Gasteiger charge is 2.44. The Bertz CT molecular complexity index is 665. The molecule has 1 aliphatic heterocycles. The molecule has 1 saturated heterocycles. The van der Waals surface area contributed by atoms with Crippen LogP contribution >= 0.6 is 11.6 Å². The number of nitrogens with zero attached hydrogens (tertiary/aromatic N) is 3. The van der Waals surface area contributed by atoms with E-state index in [1.54, 1.807) is 0 Å². The zero-order valence-electron chi connectivity index (χ0n) is 18.4. The SMILES string of the molecule is CCNC(=NCC1(c2cccc(Cl)c2)CC1)NCC(C)CN1CCN(CC)CC1. The Hall–Kier alpha value is -1.30. The highest BCUT2D eigenvalue weighted by molar-refractivity contribution is 6.30. The first-order valence-electron chi connectivity index (χ1n) is 11.3. The Labute approximate surface area is 181 Å². The summed E-state index contributed by atoms with van der Waals surface area (Å²) in [7, 11) is 0. The maximum absolute atomic E-state index is 6.20. The van der Waals surface area contributed by atoms with Crippen molar-refractivity contribution in [3.8, 4) is 0 Å². The standard InChI is InChI=1S/C23H38ClN5/c1-4-25-22(26-16-19(3)17-29-13-11-28(5-2)12-14-29)27-18-23(9-10-23)20-7-6-8-21(24)15-20/h6-8,15,19H,4-5,9-14,16-18H2,1-3H3,(H2,25,26,27). The Balaban J connectivity index is 1.48. The molecule has 1 unspecified atom stereocenters. The number of nitrogens with one attached hydrogen (secondary N) is 2. The van der Waals surface area contributed by atoms with Gasteiger partial charge in [-0.25, -0.2) is 0 Å². The molecule has 0 aromatic heterocycles. The van der Waals surface area contributed by atoms with Crippen molar-refractivity contribution in [3.63, 3.8) is 0 Å². The molecule has 1 atom stereocenters. The van der Waals surface area contributed by atoms with Gasteiger partial charge in [-0.05, 0) is 49.9 Å². The molecule has 1 saturated carbocycles. The first-order chi connectivity index (χ1) is 14.0. The average molecular weight is 420 g/mol. The number of benzene rings is 1. The summed E-state index contributed by atoms with van der Waals surface area (Å²) in [5.74, 6) is 1.53. The normalized spacial score (nSPS) is 21.0. The number of rotatable bonds is 9. The molecule has 0 bridgehead atoms. The fourth-order valence-electron chi connectivity index (χ4n) is 4.14. The Kier molecular flexibility index (Phi) is 8.22. The smallest absolute Gasteiger partial charge is 0.191 e. The summed E-state index contributed by atoms with van der Waals surface area (Å²) in [6.07, 6.45) is 2.38. The largest absolute Gasteiger partial charge is 0.357 e. The van der Waals surface area contributed by atoms with Crippen molar-refractivity contribution >= 4 is 17.6 Å². The van der Waals surface area contributed by atoms with Crippen molar-refractivity contribution < 1.29 is 0 Å². The number of hydrogen-bond acceptors (Lipinski definition) is 3. The van der Waals surface area contributed by atoms with Gasteiger partial charge in [0.15, 0.2) is 5.96 Å². The van der Waals surface area contributed by atoms with E-state index < -0.39 is 0 Å². The molecule has 1 aromatic carbocycles. The van der Waals surface area contributed by atoms with Crippen molar-refractivity contribution in [2.75, 3.05) is 58.9 Å². The fourth-order valence-corrected chi connectivity index (χ4v) is 4.33. The van der Waals surface area contributed by atoms with Crippen molar-refractivity contribution in [2.24, 2.45) is 10.9 Å². The Morgan fingerprint density at radius 2 is 1.86 bits per heavy atom. The summed E-state index contributed by atoms with van der Waals surface area (Å²) in [5.41, 5.74) is 1.50. The third kappa shape index (κ3) is 6.59. The topological polar surface area (TPSA) is 42.9 Å². The molecule has 0 radical (unpaired) electrons. The summed E-state index contributed by atoms with van der Waals surface area (Å²) in [4.78, 5) is 10.1. The highest BCUT2D eigenvalue weighted by Crippen LogP contribution is 2.48. The van der Waals surface area contributed by atoms with E-state index in [4.69, 9.17) is 16.6 Å². The van der Waals surface area contributed by atoms with Crippen molar-refractivity contribution in [3.05, 3.63) is 34.9 Å². The molecular formula is C23H38ClN5. The molecule has 1 aliphatic carbocycles. The third-order valence-electron chi connectivity index (χ3n) is 6.27. The lowest BCUT2D eigenvalue weighted by Crippen LogP contribution is -2.48. The van der Waals surface area contributed by atoms with Crippen LogP contribution < -0.4 is 10.6 Å². The van der Waals surface area contributed by atoms with Gasteiger partial charge in [0.05, 0.1) is 6.54 Å². The summed E-state index contributed by atoms with van der Waals surface area (Å²) < 4.78 is 0. The van der Waals surface area contributed by atoms with Gasteiger partial charge < -0.3 is 20.4 Å². The maximum Gasteiger partial charge on any atom is 0.191 e. The fraction of sp³-hybridized carbons (Fsp3) is 0.696. The van der Waals surface area contributed by atoms with Gasteiger partial charge in [0, 0.05) is 56.3 Å². The van der Waals surface area contributed by atoms with Crippen LogP contribution in [-0.4, -0.2) is 74.7 Å². The van der Waals surface area contributed by atoms with E-state index in [1.807, 2.05) is 12.1 Å².